The van der Waals surface area contributed by atoms with E-state index in [9.17, 15) is 0 Å². The highest BCUT2D eigenvalue weighted by Crippen LogP contribution is 2.18. The molecule has 17 heavy (non-hydrogen) atoms. The summed E-state index contributed by atoms with van der Waals surface area (Å²) in [7, 11) is 0. The van der Waals surface area contributed by atoms with E-state index in [4.69, 9.17) is 16.3 Å². The largest absolute Gasteiger partial charge is 0.371 e. The highest BCUT2D eigenvalue weighted by molar-refractivity contribution is 6.18. The molecule has 0 bridgehead atoms. The van der Waals surface area contributed by atoms with Crippen molar-refractivity contribution in [3.8, 4) is 0 Å². The van der Waals surface area contributed by atoms with Gasteiger partial charge in [0, 0.05) is 25.5 Å². The predicted octanol–water partition coefficient (Wildman–Crippen LogP) is 3.53. The average molecular weight is 262 g/mol. The lowest BCUT2D eigenvalue weighted by Gasteiger charge is -2.37. The maximum atomic E-state index is 5.91. The van der Waals surface area contributed by atoms with Crippen molar-refractivity contribution >= 4 is 11.6 Å². The zero-order chi connectivity index (χ0) is 12.7. The molecule has 1 aliphatic rings. The van der Waals surface area contributed by atoms with E-state index in [0.29, 0.717) is 12.0 Å². The third-order valence-corrected chi connectivity index (χ3v) is 3.98. The Kier molecular flexibility index (Phi) is 7.49. The van der Waals surface area contributed by atoms with Crippen LogP contribution in [0.15, 0.2) is 0 Å². The molecule has 0 saturated carbocycles. The Morgan fingerprint density at radius 3 is 2.71 bits per heavy atom. The smallest absolute Gasteiger partial charge is 0.0841 e. The summed E-state index contributed by atoms with van der Waals surface area (Å²) >= 11 is 5.91. The van der Waals surface area contributed by atoms with Crippen LogP contribution in [0.5, 0.6) is 0 Å². The van der Waals surface area contributed by atoms with E-state index < -0.39 is 0 Å². The third-order valence-electron chi connectivity index (χ3n) is 3.63. The van der Waals surface area contributed by atoms with Crippen molar-refractivity contribution in [2.75, 3.05) is 25.5 Å². The zero-order valence-corrected chi connectivity index (χ0v) is 12.4. The van der Waals surface area contributed by atoms with Crippen molar-refractivity contribution < 1.29 is 4.74 Å². The molecule has 0 radical (unpaired) electrons. The summed E-state index contributed by atoms with van der Waals surface area (Å²) in [6, 6.07) is 0. The van der Waals surface area contributed by atoms with Gasteiger partial charge in [-0.2, -0.15) is 0 Å². The zero-order valence-electron chi connectivity index (χ0n) is 11.6. The van der Waals surface area contributed by atoms with Crippen LogP contribution in [-0.2, 0) is 4.74 Å². The van der Waals surface area contributed by atoms with Gasteiger partial charge in [0.25, 0.3) is 0 Å². The van der Waals surface area contributed by atoms with Gasteiger partial charge in [-0.1, -0.05) is 33.1 Å². The van der Waals surface area contributed by atoms with Crippen molar-refractivity contribution in [3.63, 3.8) is 0 Å². The number of hydrogen-bond acceptors (Lipinski definition) is 2. The molecule has 0 aromatic heterocycles. The Morgan fingerprint density at radius 1 is 1.35 bits per heavy atom. The quantitative estimate of drug-likeness (QED) is 0.650. The van der Waals surface area contributed by atoms with Crippen molar-refractivity contribution in [3.05, 3.63) is 0 Å². The highest BCUT2D eigenvalue weighted by Gasteiger charge is 2.25. The number of morpholine rings is 1. The Balaban J connectivity index is 2.37. The van der Waals surface area contributed by atoms with Gasteiger partial charge < -0.3 is 4.74 Å². The normalized spacial score (nSPS) is 28.2. The number of unbranched alkanes of at least 4 members (excludes halogenated alkanes) is 1. The van der Waals surface area contributed by atoms with Crippen molar-refractivity contribution in [1.82, 2.24) is 4.90 Å². The van der Waals surface area contributed by atoms with Crippen LogP contribution in [0.25, 0.3) is 0 Å². The van der Waals surface area contributed by atoms with Gasteiger partial charge in [-0.15, -0.1) is 11.6 Å². The molecule has 0 spiro atoms. The minimum absolute atomic E-state index is 0.226. The van der Waals surface area contributed by atoms with Gasteiger partial charge in [0.15, 0.2) is 0 Å². The van der Waals surface area contributed by atoms with Crippen LogP contribution in [0.1, 0.15) is 46.5 Å². The Hall–Kier alpha value is 0.210. The van der Waals surface area contributed by atoms with Gasteiger partial charge in [0.2, 0.25) is 0 Å². The number of nitrogens with zero attached hydrogens (tertiary/aromatic N) is 1. The van der Waals surface area contributed by atoms with Crippen LogP contribution in [-0.4, -0.2) is 42.6 Å². The lowest BCUT2D eigenvalue weighted by molar-refractivity contribution is -0.0702. The second-order valence-electron chi connectivity index (χ2n) is 5.36. The minimum Gasteiger partial charge on any atom is -0.371 e. The molecule has 1 rings (SSSR count). The molecule has 3 atom stereocenters. The van der Waals surface area contributed by atoms with Crippen LogP contribution < -0.4 is 0 Å². The SMILES string of the molecule is CCCCC(CC)CN1CC(C)OC(CCl)C1. The fourth-order valence-corrected chi connectivity index (χ4v) is 2.83. The molecule has 3 heteroatoms. The van der Waals surface area contributed by atoms with Crippen molar-refractivity contribution in [2.45, 2.75) is 58.7 Å². The number of ether oxygens (including phenoxy) is 1. The maximum absolute atomic E-state index is 5.91. The summed E-state index contributed by atoms with van der Waals surface area (Å²) in [6.45, 7) is 10.0. The molecule has 0 amide bonds. The summed E-state index contributed by atoms with van der Waals surface area (Å²) in [5, 5.41) is 0. The molecule has 1 aliphatic heterocycles. The third kappa shape index (κ3) is 5.58. The first-order valence-corrected chi connectivity index (χ1v) is 7.66. The molecular formula is C14H28ClNO. The van der Waals surface area contributed by atoms with E-state index in [1.54, 1.807) is 0 Å². The molecule has 3 unspecified atom stereocenters. The summed E-state index contributed by atoms with van der Waals surface area (Å²) < 4.78 is 5.79. The van der Waals surface area contributed by atoms with Gasteiger partial charge in [-0.3, -0.25) is 4.90 Å². The Bertz CT molecular complexity index is 201. The van der Waals surface area contributed by atoms with Crippen LogP contribution in [0.3, 0.4) is 0 Å². The predicted molar refractivity (Wildman–Crippen MR) is 74.8 cm³/mol. The number of hydrogen-bond donors (Lipinski definition) is 0. The number of halogens is 1. The highest BCUT2D eigenvalue weighted by atomic mass is 35.5. The fourth-order valence-electron chi connectivity index (χ4n) is 2.66. The fraction of sp³-hybridized carbons (Fsp3) is 1.00. The van der Waals surface area contributed by atoms with E-state index in [-0.39, 0.29) is 6.10 Å². The van der Waals surface area contributed by atoms with Crippen molar-refractivity contribution in [2.24, 2.45) is 5.92 Å². The van der Waals surface area contributed by atoms with E-state index in [2.05, 4.69) is 25.7 Å². The number of alkyl halides is 1. The van der Waals surface area contributed by atoms with E-state index in [0.717, 1.165) is 19.0 Å². The molecular weight excluding hydrogens is 234 g/mol. The van der Waals surface area contributed by atoms with E-state index >= 15 is 0 Å². The van der Waals surface area contributed by atoms with Crippen molar-refractivity contribution in [1.29, 1.82) is 0 Å². The first kappa shape index (κ1) is 15.3. The lowest BCUT2D eigenvalue weighted by Crippen LogP contribution is -2.48. The summed E-state index contributed by atoms with van der Waals surface area (Å²) in [5.74, 6) is 1.46. The standard InChI is InChI=1S/C14H28ClNO/c1-4-6-7-13(5-2)10-16-9-12(3)17-14(8-15)11-16/h12-14H,4-11H2,1-3H3. The van der Waals surface area contributed by atoms with Gasteiger partial charge in [0.1, 0.15) is 0 Å². The molecule has 1 saturated heterocycles. The average Bonchev–Trinajstić information content (AvgIpc) is 2.33. The summed E-state index contributed by atoms with van der Waals surface area (Å²) in [4.78, 5) is 2.55. The summed E-state index contributed by atoms with van der Waals surface area (Å²) in [6.07, 6.45) is 5.87. The molecule has 1 fully saturated rings. The second kappa shape index (κ2) is 8.34. The Labute approximate surface area is 112 Å². The van der Waals surface area contributed by atoms with Gasteiger partial charge in [-0.25, -0.2) is 0 Å². The van der Waals surface area contributed by atoms with E-state index in [1.165, 1.54) is 32.2 Å². The van der Waals surface area contributed by atoms with Crippen LogP contribution in [0, 0.1) is 5.92 Å². The molecule has 102 valence electrons. The van der Waals surface area contributed by atoms with Gasteiger partial charge in [0.05, 0.1) is 12.2 Å². The van der Waals surface area contributed by atoms with Gasteiger partial charge in [-0.05, 0) is 19.3 Å². The maximum Gasteiger partial charge on any atom is 0.0841 e. The summed E-state index contributed by atoms with van der Waals surface area (Å²) in [5.41, 5.74) is 0. The molecule has 2 nitrogen and oxygen atoms in total. The first-order valence-electron chi connectivity index (χ1n) is 7.13. The number of rotatable bonds is 7. The first-order chi connectivity index (χ1) is 8.19. The minimum atomic E-state index is 0.226. The topological polar surface area (TPSA) is 12.5 Å². The molecule has 0 aromatic carbocycles. The monoisotopic (exact) mass is 261 g/mol. The van der Waals surface area contributed by atoms with Crippen LogP contribution in [0.2, 0.25) is 0 Å². The Morgan fingerprint density at radius 2 is 2.12 bits per heavy atom. The molecule has 0 N–H and O–H groups in total. The molecule has 1 heterocycles. The molecule has 0 aliphatic carbocycles. The second-order valence-corrected chi connectivity index (χ2v) is 5.67. The van der Waals surface area contributed by atoms with E-state index in [1.807, 2.05) is 0 Å². The van der Waals surface area contributed by atoms with Gasteiger partial charge >= 0.3 is 0 Å². The lowest BCUT2D eigenvalue weighted by atomic mass is 9.98. The molecule has 0 aromatic rings. The van der Waals surface area contributed by atoms with Crippen LogP contribution >= 0.6 is 11.6 Å². The van der Waals surface area contributed by atoms with Crippen LogP contribution in [0.4, 0.5) is 0 Å².